The Hall–Kier alpha value is -1.66. The number of hydrogen-bond donors (Lipinski definition) is 2. The number of aliphatic hydroxyl groups is 1. The topological polar surface area (TPSA) is 84.3 Å². The van der Waals surface area contributed by atoms with Crippen molar-refractivity contribution in [2.75, 3.05) is 6.61 Å². The molecule has 0 bridgehead atoms. The first-order valence-electron chi connectivity index (χ1n) is 6.52. The van der Waals surface area contributed by atoms with Gasteiger partial charge in [0.05, 0.1) is 25.0 Å². The molecule has 6 heteroatoms. The van der Waals surface area contributed by atoms with Crippen molar-refractivity contribution >= 4 is 0 Å². The Bertz CT molecular complexity index is 515. The van der Waals surface area contributed by atoms with Crippen LogP contribution in [0.5, 0.6) is 0 Å². The van der Waals surface area contributed by atoms with Gasteiger partial charge in [-0.2, -0.15) is 4.98 Å². The molecule has 0 radical (unpaired) electrons. The fourth-order valence-electron chi connectivity index (χ4n) is 2.54. The standard InChI is InChI=1S/C13H17N3O3/c17-9-13(4-1-2-5-13)14-7-11-15-12(16-19-11)10-3-6-18-8-10/h3,6,8,14,17H,1-2,4-5,7,9H2. The molecule has 0 atom stereocenters. The van der Waals surface area contributed by atoms with Crippen LogP contribution >= 0.6 is 0 Å². The van der Waals surface area contributed by atoms with Gasteiger partial charge in [0, 0.05) is 5.54 Å². The smallest absolute Gasteiger partial charge is 0.240 e. The molecule has 0 aromatic carbocycles. The Morgan fingerprint density at radius 3 is 2.89 bits per heavy atom. The second-order valence-corrected chi connectivity index (χ2v) is 5.02. The van der Waals surface area contributed by atoms with Crippen molar-refractivity contribution in [1.82, 2.24) is 15.5 Å². The minimum Gasteiger partial charge on any atom is -0.472 e. The van der Waals surface area contributed by atoms with Crippen LogP contribution in [0.1, 0.15) is 31.6 Å². The van der Waals surface area contributed by atoms with E-state index >= 15 is 0 Å². The lowest BCUT2D eigenvalue weighted by atomic mass is 9.99. The number of nitrogens with zero attached hydrogens (tertiary/aromatic N) is 2. The van der Waals surface area contributed by atoms with Crippen LogP contribution in [0, 0.1) is 0 Å². The van der Waals surface area contributed by atoms with Gasteiger partial charge in [-0.3, -0.25) is 0 Å². The van der Waals surface area contributed by atoms with Crippen LogP contribution < -0.4 is 5.32 Å². The zero-order valence-corrected chi connectivity index (χ0v) is 10.6. The Labute approximate surface area is 110 Å². The summed E-state index contributed by atoms with van der Waals surface area (Å²) in [6.07, 6.45) is 7.44. The van der Waals surface area contributed by atoms with Crippen molar-refractivity contribution in [3.63, 3.8) is 0 Å². The van der Waals surface area contributed by atoms with Gasteiger partial charge in [0.1, 0.15) is 6.26 Å². The van der Waals surface area contributed by atoms with Crippen LogP contribution in [0.4, 0.5) is 0 Å². The molecule has 102 valence electrons. The summed E-state index contributed by atoms with van der Waals surface area (Å²) in [7, 11) is 0. The van der Waals surface area contributed by atoms with Gasteiger partial charge in [-0.1, -0.05) is 18.0 Å². The normalized spacial score (nSPS) is 17.9. The summed E-state index contributed by atoms with van der Waals surface area (Å²) in [5, 5.41) is 16.8. The largest absolute Gasteiger partial charge is 0.472 e. The molecule has 0 aliphatic heterocycles. The molecule has 2 N–H and O–H groups in total. The Balaban J connectivity index is 1.64. The summed E-state index contributed by atoms with van der Waals surface area (Å²) in [5.74, 6) is 1.05. The highest BCUT2D eigenvalue weighted by atomic mass is 16.5. The van der Waals surface area contributed by atoms with E-state index in [1.165, 1.54) is 0 Å². The summed E-state index contributed by atoms with van der Waals surface area (Å²) < 4.78 is 10.2. The summed E-state index contributed by atoms with van der Waals surface area (Å²) in [5.41, 5.74) is 0.623. The predicted molar refractivity (Wildman–Crippen MR) is 67.1 cm³/mol. The lowest BCUT2D eigenvalue weighted by Gasteiger charge is -2.27. The zero-order valence-electron chi connectivity index (χ0n) is 10.6. The summed E-state index contributed by atoms with van der Waals surface area (Å²) in [4.78, 5) is 4.30. The van der Waals surface area contributed by atoms with Gasteiger partial charge >= 0.3 is 0 Å². The molecule has 6 nitrogen and oxygen atoms in total. The maximum absolute atomic E-state index is 9.51. The monoisotopic (exact) mass is 263 g/mol. The van der Waals surface area contributed by atoms with Gasteiger partial charge in [-0.15, -0.1) is 0 Å². The maximum Gasteiger partial charge on any atom is 0.240 e. The van der Waals surface area contributed by atoms with Crippen LogP contribution in [0.25, 0.3) is 11.4 Å². The van der Waals surface area contributed by atoms with Crippen molar-refractivity contribution in [2.45, 2.75) is 37.8 Å². The van der Waals surface area contributed by atoms with Gasteiger partial charge < -0.3 is 19.4 Å². The van der Waals surface area contributed by atoms with Crippen LogP contribution in [0.2, 0.25) is 0 Å². The second-order valence-electron chi connectivity index (χ2n) is 5.02. The number of aliphatic hydroxyl groups excluding tert-OH is 1. The molecular weight excluding hydrogens is 246 g/mol. The molecule has 1 fully saturated rings. The van der Waals surface area contributed by atoms with Crippen molar-refractivity contribution < 1.29 is 14.0 Å². The Morgan fingerprint density at radius 1 is 1.37 bits per heavy atom. The Morgan fingerprint density at radius 2 is 2.21 bits per heavy atom. The van der Waals surface area contributed by atoms with Crippen molar-refractivity contribution in [1.29, 1.82) is 0 Å². The lowest BCUT2D eigenvalue weighted by Crippen LogP contribution is -2.45. The zero-order chi connectivity index (χ0) is 13.1. The minimum atomic E-state index is -0.176. The van der Waals surface area contributed by atoms with E-state index in [2.05, 4.69) is 15.5 Å². The number of rotatable bonds is 5. The summed E-state index contributed by atoms with van der Waals surface area (Å²) in [6, 6.07) is 1.79. The predicted octanol–water partition coefficient (Wildman–Crippen LogP) is 1.72. The molecule has 19 heavy (non-hydrogen) atoms. The van der Waals surface area contributed by atoms with E-state index in [0.29, 0.717) is 18.3 Å². The first-order chi connectivity index (χ1) is 9.31. The second kappa shape index (κ2) is 5.14. The van der Waals surface area contributed by atoms with E-state index in [1.54, 1.807) is 18.6 Å². The fourth-order valence-corrected chi connectivity index (χ4v) is 2.54. The van der Waals surface area contributed by atoms with Gasteiger partial charge in [0.25, 0.3) is 0 Å². The van der Waals surface area contributed by atoms with Crippen LogP contribution in [-0.4, -0.2) is 27.4 Å². The molecule has 1 aliphatic rings. The molecule has 2 aromatic rings. The highest BCUT2D eigenvalue weighted by molar-refractivity contribution is 5.51. The van der Waals surface area contributed by atoms with Gasteiger partial charge in [0.15, 0.2) is 0 Å². The van der Waals surface area contributed by atoms with Gasteiger partial charge in [-0.05, 0) is 18.9 Å². The van der Waals surface area contributed by atoms with Crippen LogP contribution in [-0.2, 0) is 6.54 Å². The van der Waals surface area contributed by atoms with E-state index in [4.69, 9.17) is 8.94 Å². The highest BCUT2D eigenvalue weighted by Crippen LogP contribution is 2.29. The third-order valence-electron chi connectivity index (χ3n) is 3.73. The van der Waals surface area contributed by atoms with Crippen LogP contribution in [0.3, 0.4) is 0 Å². The third-order valence-corrected chi connectivity index (χ3v) is 3.73. The quantitative estimate of drug-likeness (QED) is 0.854. The highest BCUT2D eigenvalue weighted by Gasteiger charge is 2.32. The molecule has 0 unspecified atom stereocenters. The molecule has 0 saturated heterocycles. The fraction of sp³-hybridized carbons (Fsp3) is 0.538. The third kappa shape index (κ3) is 2.54. The molecular formula is C13H17N3O3. The molecule has 1 aliphatic carbocycles. The lowest BCUT2D eigenvalue weighted by molar-refractivity contribution is 0.158. The minimum absolute atomic E-state index is 0.149. The van der Waals surface area contributed by atoms with Crippen LogP contribution in [0.15, 0.2) is 27.5 Å². The number of aromatic nitrogens is 2. The average Bonchev–Trinajstić information content (AvgIpc) is 3.17. The first-order valence-corrected chi connectivity index (χ1v) is 6.52. The Kier molecular flexibility index (Phi) is 3.35. The van der Waals surface area contributed by atoms with E-state index < -0.39 is 0 Å². The van der Waals surface area contributed by atoms with Gasteiger partial charge in [0.2, 0.25) is 11.7 Å². The van der Waals surface area contributed by atoms with Crippen molar-refractivity contribution in [3.05, 3.63) is 24.5 Å². The molecule has 0 amide bonds. The van der Waals surface area contributed by atoms with E-state index in [-0.39, 0.29) is 12.1 Å². The molecule has 1 saturated carbocycles. The number of furan rings is 1. The van der Waals surface area contributed by atoms with E-state index in [9.17, 15) is 5.11 Å². The molecule has 2 heterocycles. The van der Waals surface area contributed by atoms with E-state index in [0.717, 1.165) is 31.2 Å². The van der Waals surface area contributed by atoms with E-state index in [1.807, 2.05) is 0 Å². The summed E-state index contributed by atoms with van der Waals surface area (Å²) >= 11 is 0. The summed E-state index contributed by atoms with van der Waals surface area (Å²) in [6.45, 7) is 0.626. The van der Waals surface area contributed by atoms with Gasteiger partial charge in [-0.25, -0.2) is 0 Å². The number of nitrogens with one attached hydrogen (secondary N) is 1. The molecule has 2 aromatic heterocycles. The average molecular weight is 263 g/mol. The van der Waals surface area contributed by atoms with Crippen molar-refractivity contribution in [3.8, 4) is 11.4 Å². The first kappa shape index (κ1) is 12.4. The molecule has 3 rings (SSSR count). The SMILES string of the molecule is OCC1(NCc2nc(-c3ccoc3)no2)CCCC1. The maximum atomic E-state index is 9.51. The van der Waals surface area contributed by atoms with Crippen molar-refractivity contribution in [2.24, 2.45) is 0 Å². The molecule has 0 spiro atoms. The number of hydrogen-bond acceptors (Lipinski definition) is 6.